The highest BCUT2D eigenvalue weighted by molar-refractivity contribution is 5.82. The Morgan fingerprint density at radius 3 is 2.70 bits per heavy atom. The van der Waals surface area contributed by atoms with Gasteiger partial charge in [-0.2, -0.15) is 10.2 Å². The van der Waals surface area contributed by atoms with Crippen LogP contribution in [-0.2, 0) is 13.6 Å². The number of nitrogens with zero attached hydrogens (tertiary/aromatic N) is 5. The van der Waals surface area contributed by atoms with Gasteiger partial charge in [0.25, 0.3) is 6.43 Å². The van der Waals surface area contributed by atoms with E-state index in [4.69, 9.17) is 5.11 Å². The molecule has 4 rings (SSSR count). The molecule has 3 aromatic heterocycles. The molecule has 4 aromatic rings. The number of alkyl halides is 2. The molecule has 1 amide bonds. The number of nitrogens with one attached hydrogen (secondary N) is 1. The number of carboxylic acid groups (broad SMARTS) is 1. The number of halogens is 3. The van der Waals surface area contributed by atoms with Gasteiger partial charge in [-0.25, -0.2) is 27.5 Å². The molecule has 30 heavy (non-hydrogen) atoms. The fourth-order valence-corrected chi connectivity index (χ4v) is 3.24. The maximum absolute atomic E-state index is 15.1. The first kappa shape index (κ1) is 19.4. The zero-order chi connectivity index (χ0) is 21.4. The van der Waals surface area contributed by atoms with E-state index in [0.717, 1.165) is 11.1 Å². The Labute approximate surface area is 167 Å². The summed E-state index contributed by atoms with van der Waals surface area (Å²) in [7, 11) is 1.77. The van der Waals surface area contributed by atoms with Gasteiger partial charge in [-0.3, -0.25) is 4.68 Å². The normalized spacial score (nSPS) is 11.4. The zero-order valence-electron chi connectivity index (χ0n) is 15.6. The van der Waals surface area contributed by atoms with Gasteiger partial charge in [0, 0.05) is 42.7 Å². The van der Waals surface area contributed by atoms with Crippen LogP contribution in [0.2, 0.25) is 0 Å². The number of benzene rings is 1. The SMILES string of the molecule is Cn1cc(-c2cc3c(-c4ccc(CNC(=O)O)c(C(F)F)c4F)ncnn3c2)cn1. The summed E-state index contributed by atoms with van der Waals surface area (Å²) in [5, 5.41) is 18.9. The van der Waals surface area contributed by atoms with Crippen LogP contribution in [0.4, 0.5) is 18.0 Å². The Morgan fingerprint density at radius 2 is 2.03 bits per heavy atom. The Morgan fingerprint density at radius 1 is 1.23 bits per heavy atom. The van der Waals surface area contributed by atoms with Crippen molar-refractivity contribution >= 4 is 11.6 Å². The van der Waals surface area contributed by atoms with Crippen LogP contribution in [0.25, 0.3) is 27.9 Å². The summed E-state index contributed by atoms with van der Waals surface area (Å²) in [4.78, 5) is 14.8. The summed E-state index contributed by atoms with van der Waals surface area (Å²) < 4.78 is 45.4. The fraction of sp³-hybridized carbons (Fsp3) is 0.158. The van der Waals surface area contributed by atoms with Crippen LogP contribution < -0.4 is 5.32 Å². The first-order chi connectivity index (χ1) is 14.3. The molecule has 154 valence electrons. The smallest absolute Gasteiger partial charge is 0.404 e. The number of rotatable bonds is 5. The molecule has 0 radical (unpaired) electrons. The third-order valence-electron chi connectivity index (χ3n) is 4.62. The van der Waals surface area contributed by atoms with Crippen molar-refractivity contribution in [3.63, 3.8) is 0 Å². The minimum absolute atomic E-state index is 0.132. The number of hydrogen-bond donors (Lipinski definition) is 2. The third kappa shape index (κ3) is 3.45. The van der Waals surface area contributed by atoms with E-state index in [0.29, 0.717) is 5.52 Å². The van der Waals surface area contributed by atoms with Gasteiger partial charge < -0.3 is 10.4 Å². The molecule has 0 atom stereocenters. The third-order valence-corrected chi connectivity index (χ3v) is 4.62. The maximum Gasteiger partial charge on any atom is 0.404 e. The Kier molecular flexibility index (Phi) is 4.86. The van der Waals surface area contributed by atoms with Crippen molar-refractivity contribution in [3.8, 4) is 22.4 Å². The fourth-order valence-electron chi connectivity index (χ4n) is 3.24. The highest BCUT2D eigenvalue weighted by atomic mass is 19.3. The van der Waals surface area contributed by atoms with E-state index in [1.165, 1.54) is 23.0 Å². The Balaban J connectivity index is 1.84. The molecule has 0 fully saturated rings. The van der Waals surface area contributed by atoms with E-state index in [9.17, 15) is 13.6 Å². The average Bonchev–Trinajstić information content (AvgIpc) is 3.32. The molecular formula is C19H15F3N6O2. The lowest BCUT2D eigenvalue weighted by atomic mass is 10.00. The second-order valence-electron chi connectivity index (χ2n) is 6.53. The number of hydrogen-bond acceptors (Lipinski definition) is 4. The summed E-state index contributed by atoms with van der Waals surface area (Å²) in [6.07, 6.45) is 1.83. The van der Waals surface area contributed by atoms with E-state index in [1.54, 1.807) is 36.4 Å². The van der Waals surface area contributed by atoms with Gasteiger partial charge in [0.1, 0.15) is 17.8 Å². The van der Waals surface area contributed by atoms with Crippen molar-refractivity contribution < 1.29 is 23.1 Å². The van der Waals surface area contributed by atoms with Crippen LogP contribution >= 0.6 is 0 Å². The molecular weight excluding hydrogens is 401 g/mol. The van der Waals surface area contributed by atoms with Gasteiger partial charge in [0.2, 0.25) is 0 Å². The van der Waals surface area contributed by atoms with Gasteiger partial charge in [-0.15, -0.1) is 0 Å². The molecule has 0 aliphatic heterocycles. The molecule has 0 saturated heterocycles. The molecule has 1 aromatic carbocycles. The lowest BCUT2D eigenvalue weighted by molar-refractivity contribution is 0.144. The average molecular weight is 416 g/mol. The molecule has 0 bridgehead atoms. The van der Waals surface area contributed by atoms with E-state index < -0.39 is 30.4 Å². The van der Waals surface area contributed by atoms with Crippen molar-refractivity contribution in [2.45, 2.75) is 13.0 Å². The minimum atomic E-state index is -3.13. The predicted octanol–water partition coefficient (Wildman–Crippen LogP) is 3.64. The van der Waals surface area contributed by atoms with Gasteiger partial charge >= 0.3 is 6.09 Å². The van der Waals surface area contributed by atoms with Crippen molar-refractivity contribution in [3.05, 3.63) is 60.1 Å². The van der Waals surface area contributed by atoms with Gasteiger partial charge in [-0.05, 0) is 17.7 Å². The number of fused-ring (bicyclic) bond motifs is 1. The van der Waals surface area contributed by atoms with Crippen LogP contribution in [0.3, 0.4) is 0 Å². The summed E-state index contributed by atoms with van der Waals surface area (Å²) >= 11 is 0. The number of aromatic nitrogens is 5. The Bertz CT molecular complexity index is 1250. The first-order valence-electron chi connectivity index (χ1n) is 8.74. The molecule has 8 nitrogen and oxygen atoms in total. The molecule has 0 spiro atoms. The summed E-state index contributed by atoms with van der Waals surface area (Å²) in [5.74, 6) is -1.15. The number of amides is 1. The topological polar surface area (TPSA) is 97.3 Å². The summed E-state index contributed by atoms with van der Waals surface area (Å²) in [6.45, 7) is -0.443. The Hall–Kier alpha value is -3.89. The van der Waals surface area contributed by atoms with Crippen LogP contribution in [-0.4, -0.2) is 35.6 Å². The number of carbonyl (C=O) groups is 1. The summed E-state index contributed by atoms with van der Waals surface area (Å²) in [6, 6.07) is 4.28. The molecule has 0 saturated carbocycles. The van der Waals surface area contributed by atoms with E-state index >= 15 is 4.39 Å². The van der Waals surface area contributed by atoms with E-state index in [1.807, 2.05) is 5.32 Å². The highest BCUT2D eigenvalue weighted by Crippen LogP contribution is 2.35. The van der Waals surface area contributed by atoms with Crippen molar-refractivity contribution in [1.82, 2.24) is 29.7 Å². The zero-order valence-corrected chi connectivity index (χ0v) is 15.6. The lowest BCUT2D eigenvalue weighted by Gasteiger charge is -2.13. The lowest BCUT2D eigenvalue weighted by Crippen LogP contribution is -2.21. The molecule has 0 unspecified atom stereocenters. The summed E-state index contributed by atoms with van der Waals surface area (Å²) in [5.41, 5.74) is 0.971. The number of aryl methyl sites for hydroxylation is 1. The van der Waals surface area contributed by atoms with Crippen LogP contribution in [0, 0.1) is 5.82 Å². The monoisotopic (exact) mass is 416 g/mol. The van der Waals surface area contributed by atoms with Crippen LogP contribution in [0.1, 0.15) is 17.6 Å². The standard InChI is InChI=1S/C19H15F3N6O2/c1-27-7-12(6-25-27)11-4-14-17(24-9-26-28(14)8-11)13-3-2-10(5-23-19(29)30)15(16(13)20)18(21)22/h2-4,6-9,18,23H,5H2,1H3,(H,29,30). The van der Waals surface area contributed by atoms with Gasteiger partial charge in [-0.1, -0.05) is 6.07 Å². The molecule has 11 heteroatoms. The second kappa shape index (κ2) is 7.50. The van der Waals surface area contributed by atoms with Crippen molar-refractivity contribution in [2.24, 2.45) is 7.05 Å². The second-order valence-corrected chi connectivity index (χ2v) is 6.53. The molecule has 2 N–H and O–H groups in total. The highest BCUT2D eigenvalue weighted by Gasteiger charge is 2.24. The quantitative estimate of drug-likeness (QED) is 0.518. The molecule has 0 aliphatic carbocycles. The van der Waals surface area contributed by atoms with Crippen LogP contribution in [0.15, 0.2) is 43.1 Å². The first-order valence-corrected chi connectivity index (χ1v) is 8.74. The molecule has 3 heterocycles. The maximum atomic E-state index is 15.1. The van der Waals surface area contributed by atoms with Crippen molar-refractivity contribution in [1.29, 1.82) is 0 Å². The van der Waals surface area contributed by atoms with Gasteiger partial charge in [0.15, 0.2) is 0 Å². The van der Waals surface area contributed by atoms with E-state index in [2.05, 4.69) is 15.2 Å². The van der Waals surface area contributed by atoms with Gasteiger partial charge in [0.05, 0.1) is 17.3 Å². The van der Waals surface area contributed by atoms with Crippen LogP contribution in [0.5, 0.6) is 0 Å². The van der Waals surface area contributed by atoms with Crippen molar-refractivity contribution in [2.75, 3.05) is 0 Å². The minimum Gasteiger partial charge on any atom is -0.465 e. The largest absolute Gasteiger partial charge is 0.465 e. The predicted molar refractivity (Wildman–Crippen MR) is 100 cm³/mol. The van der Waals surface area contributed by atoms with E-state index in [-0.39, 0.29) is 16.8 Å². The molecule has 0 aliphatic rings.